The van der Waals surface area contributed by atoms with Gasteiger partial charge in [0.05, 0.1) is 13.1 Å². The number of nitrogens with one attached hydrogen (secondary N) is 2. The largest absolute Gasteiger partial charge is 0.460 e. The summed E-state index contributed by atoms with van der Waals surface area (Å²) in [7, 11) is 0. The zero-order valence-corrected chi connectivity index (χ0v) is 21.7. The lowest BCUT2D eigenvalue weighted by Gasteiger charge is -2.41. The van der Waals surface area contributed by atoms with Gasteiger partial charge in [-0.25, -0.2) is 4.79 Å². The van der Waals surface area contributed by atoms with Crippen molar-refractivity contribution in [1.29, 1.82) is 0 Å². The van der Waals surface area contributed by atoms with Gasteiger partial charge in [-0.2, -0.15) is 132 Å². The second kappa shape index (κ2) is 12.1. The Labute approximate surface area is 251 Å². The van der Waals surface area contributed by atoms with Gasteiger partial charge in [0.15, 0.2) is 0 Å². The summed E-state index contributed by atoms with van der Waals surface area (Å²) < 4.78 is 392. The third-order valence-electron chi connectivity index (χ3n) is 5.73. The van der Waals surface area contributed by atoms with Crippen molar-refractivity contribution in [2.24, 2.45) is 0 Å². The van der Waals surface area contributed by atoms with Crippen LogP contribution in [0.15, 0.2) is 0 Å². The standard InChI is InChI=1S/C17H6F30N2O/c18-4(19,6(22,23)8(26,27)10(30,31)12(34,35)14(38,39)16(42,43)44)1-48-3(50)49-2-5(20,21)7(24,25)9(28,29)11(32,33)13(36,37)15(40,41)17(45,46)47/h1-2H2,(H2,48,49,50). The number of rotatable bonds is 14. The average Bonchev–Trinajstić information content (AvgIpc) is 2.88. The van der Waals surface area contributed by atoms with Crippen LogP contribution in [0.3, 0.4) is 0 Å². The number of urea groups is 1. The molecule has 0 aromatic heterocycles. The predicted octanol–water partition coefficient (Wildman–Crippen LogP) is 9.03. The lowest BCUT2D eigenvalue weighted by Crippen LogP contribution is -2.73. The van der Waals surface area contributed by atoms with E-state index in [-0.39, 0.29) is 10.6 Å². The molecule has 0 rings (SSSR count). The summed E-state index contributed by atoms with van der Waals surface area (Å²) in [4.78, 5) is 11.1. The lowest BCUT2D eigenvalue weighted by atomic mass is 9.91. The molecule has 50 heavy (non-hydrogen) atoms. The number of hydrogen-bond donors (Lipinski definition) is 2. The van der Waals surface area contributed by atoms with Gasteiger partial charge in [-0.15, -0.1) is 0 Å². The molecule has 0 aliphatic heterocycles. The molecular formula is C17H6F30N2O. The molecular weight excluding hydrogens is 818 g/mol. The van der Waals surface area contributed by atoms with Crippen molar-refractivity contribution in [3.8, 4) is 0 Å². The van der Waals surface area contributed by atoms with E-state index in [2.05, 4.69) is 0 Å². The summed E-state index contributed by atoms with van der Waals surface area (Å²) in [5, 5.41) is -0.465. The van der Waals surface area contributed by atoms with Crippen LogP contribution in [0.25, 0.3) is 0 Å². The number of amides is 2. The maximum atomic E-state index is 13.6. The Bertz CT molecular complexity index is 1130. The Morgan fingerprint density at radius 1 is 0.280 bits per heavy atom. The van der Waals surface area contributed by atoms with Crippen LogP contribution in [-0.2, 0) is 0 Å². The van der Waals surface area contributed by atoms with Crippen LogP contribution in [0, 0.1) is 0 Å². The fourth-order valence-corrected chi connectivity index (χ4v) is 2.67. The van der Waals surface area contributed by atoms with Crippen LogP contribution in [0.2, 0.25) is 0 Å². The van der Waals surface area contributed by atoms with Gasteiger partial charge in [0, 0.05) is 0 Å². The molecule has 3 nitrogen and oxygen atoms in total. The van der Waals surface area contributed by atoms with E-state index in [4.69, 9.17) is 0 Å². The van der Waals surface area contributed by atoms with Crippen molar-refractivity contribution in [3.05, 3.63) is 0 Å². The molecule has 0 saturated heterocycles. The van der Waals surface area contributed by atoms with Gasteiger partial charge in [-0.05, 0) is 0 Å². The van der Waals surface area contributed by atoms with Crippen molar-refractivity contribution in [2.45, 2.75) is 83.4 Å². The highest BCUT2D eigenvalue weighted by molar-refractivity contribution is 5.74. The molecule has 0 radical (unpaired) electrons. The van der Waals surface area contributed by atoms with E-state index in [1.165, 1.54) is 0 Å². The number of hydrogen-bond acceptors (Lipinski definition) is 1. The van der Waals surface area contributed by atoms with E-state index in [9.17, 15) is 137 Å². The third kappa shape index (κ3) is 6.42. The number of carbonyl (C=O) groups excluding carboxylic acids is 1. The van der Waals surface area contributed by atoms with E-state index in [1.807, 2.05) is 0 Å². The van der Waals surface area contributed by atoms with Gasteiger partial charge in [0.1, 0.15) is 0 Å². The van der Waals surface area contributed by atoms with Crippen molar-refractivity contribution < 1.29 is 137 Å². The van der Waals surface area contributed by atoms with E-state index in [0.717, 1.165) is 0 Å². The second-order valence-electron chi connectivity index (χ2n) is 9.18. The van der Waals surface area contributed by atoms with Gasteiger partial charge in [0.25, 0.3) is 0 Å². The molecule has 0 unspecified atom stereocenters. The minimum Gasteiger partial charge on any atom is -0.332 e. The third-order valence-corrected chi connectivity index (χ3v) is 5.73. The molecule has 0 bridgehead atoms. The summed E-state index contributed by atoms with van der Waals surface area (Å²) in [6.07, 6.45) is -16.0. The van der Waals surface area contributed by atoms with Crippen LogP contribution in [0.1, 0.15) is 0 Å². The molecule has 0 saturated carbocycles. The summed E-state index contributed by atoms with van der Waals surface area (Å²) in [5.74, 6) is -101. The monoisotopic (exact) mass is 824 g/mol. The maximum absolute atomic E-state index is 13.6. The Morgan fingerprint density at radius 3 is 0.620 bits per heavy atom. The predicted molar refractivity (Wildman–Crippen MR) is 92.9 cm³/mol. The van der Waals surface area contributed by atoms with Crippen LogP contribution in [0.4, 0.5) is 137 Å². The summed E-state index contributed by atoms with van der Waals surface area (Å²) in [6, 6.07) is -3.40. The highest BCUT2D eigenvalue weighted by atomic mass is 19.4. The van der Waals surface area contributed by atoms with E-state index in [1.54, 1.807) is 0 Å². The van der Waals surface area contributed by atoms with Gasteiger partial charge < -0.3 is 10.6 Å². The molecule has 0 heterocycles. The Balaban J connectivity index is 6.28. The lowest BCUT2D eigenvalue weighted by molar-refractivity contribution is -0.451. The molecule has 33 heteroatoms. The summed E-state index contributed by atoms with van der Waals surface area (Å²) >= 11 is 0. The molecule has 2 N–H and O–H groups in total. The van der Waals surface area contributed by atoms with Gasteiger partial charge >= 0.3 is 89.5 Å². The molecule has 0 aromatic carbocycles. The molecule has 0 aromatic rings. The second-order valence-corrected chi connectivity index (χ2v) is 9.18. The highest BCUT2D eigenvalue weighted by Crippen LogP contribution is 2.64. The van der Waals surface area contributed by atoms with Crippen molar-refractivity contribution in [1.82, 2.24) is 10.6 Å². The van der Waals surface area contributed by atoms with Gasteiger partial charge in [-0.3, -0.25) is 0 Å². The molecule has 0 atom stereocenters. The minimum absolute atomic E-state index is 0.232. The molecule has 300 valence electrons. The molecule has 2 amide bonds. The Kier molecular flexibility index (Phi) is 11.4. The van der Waals surface area contributed by atoms with Crippen molar-refractivity contribution in [2.75, 3.05) is 13.1 Å². The summed E-state index contributed by atoms with van der Waals surface area (Å²) in [6.45, 7) is -7.87. The smallest absolute Gasteiger partial charge is 0.332 e. The van der Waals surface area contributed by atoms with Gasteiger partial charge in [0.2, 0.25) is 0 Å². The van der Waals surface area contributed by atoms with E-state index < -0.39 is 103 Å². The van der Waals surface area contributed by atoms with E-state index in [0.29, 0.717) is 0 Å². The van der Waals surface area contributed by atoms with Crippen molar-refractivity contribution >= 4 is 6.03 Å². The minimum atomic E-state index is -8.87. The van der Waals surface area contributed by atoms with Crippen LogP contribution in [-0.4, -0.2) is 103 Å². The van der Waals surface area contributed by atoms with Crippen LogP contribution < -0.4 is 10.6 Å². The fourth-order valence-electron chi connectivity index (χ4n) is 2.67. The topological polar surface area (TPSA) is 41.1 Å². The normalized spacial score (nSPS) is 16.4. The maximum Gasteiger partial charge on any atom is 0.460 e. The zero-order valence-electron chi connectivity index (χ0n) is 21.7. The highest BCUT2D eigenvalue weighted by Gasteiger charge is 2.94. The first-order chi connectivity index (χ1) is 21.1. The van der Waals surface area contributed by atoms with Gasteiger partial charge in [-0.1, -0.05) is 0 Å². The zero-order chi connectivity index (χ0) is 41.4. The number of carbonyl (C=O) groups is 1. The number of halogens is 30. The Morgan fingerprint density at radius 2 is 0.440 bits per heavy atom. The first-order valence-corrected chi connectivity index (χ1v) is 10.8. The molecule has 0 spiro atoms. The van der Waals surface area contributed by atoms with Crippen molar-refractivity contribution in [3.63, 3.8) is 0 Å². The quantitative estimate of drug-likeness (QED) is 0.169. The molecule has 0 aliphatic rings. The first-order valence-electron chi connectivity index (χ1n) is 10.8. The molecule has 0 fully saturated rings. The SMILES string of the molecule is O=C(NCC(F)(F)C(F)(F)C(F)(F)C(F)(F)C(F)(F)C(F)(F)C(F)(F)F)NCC(F)(F)C(F)(F)C(F)(F)C(F)(F)C(F)(F)C(F)(F)C(F)(F)F. The van der Waals surface area contributed by atoms with E-state index >= 15 is 0 Å². The van der Waals surface area contributed by atoms with Crippen LogP contribution in [0.5, 0.6) is 0 Å². The Hall–Kier alpha value is -2.83. The van der Waals surface area contributed by atoms with Crippen LogP contribution >= 0.6 is 0 Å². The average molecular weight is 824 g/mol. The molecule has 0 aliphatic carbocycles. The summed E-state index contributed by atoms with van der Waals surface area (Å²) in [5.41, 5.74) is 0. The number of alkyl halides is 30. The first kappa shape index (κ1) is 47.2. The fraction of sp³-hybridized carbons (Fsp3) is 0.941.